The Hall–Kier alpha value is -4.44. The first kappa shape index (κ1) is 21.1. The van der Waals surface area contributed by atoms with E-state index in [0.29, 0.717) is 0 Å². The number of aromatic nitrogens is 2. The van der Waals surface area contributed by atoms with Crippen molar-refractivity contribution in [1.29, 1.82) is 0 Å². The molecular weight excluding hydrogens is 428 g/mol. The van der Waals surface area contributed by atoms with Crippen molar-refractivity contribution < 1.29 is 0 Å². The second kappa shape index (κ2) is 8.41. The van der Waals surface area contributed by atoms with Crippen LogP contribution in [-0.2, 0) is 0 Å². The molecule has 0 radical (unpaired) electrons. The Bertz CT molecular complexity index is 1690. The molecule has 0 aliphatic heterocycles. The third-order valence-corrected chi connectivity index (χ3v) is 7.05. The fraction of sp³-hybridized carbons (Fsp3) is 0.0968. The van der Waals surface area contributed by atoms with Gasteiger partial charge in [0.05, 0.1) is 28.5 Å². The standard InChI is InChI=1S/C31H26N4/c1-20(21-11-13-23(14-12-21)25-16-15-22-7-3-4-8-24(22)19-25)35(2)31-27-10-6-18-34-30(27)29-26(28(31)32)9-5-17-33-29/h3-20H,32H2,1-2H3. The van der Waals surface area contributed by atoms with Crippen LogP contribution in [0.4, 0.5) is 11.4 Å². The lowest BCUT2D eigenvalue weighted by molar-refractivity contribution is 0.743. The van der Waals surface area contributed by atoms with Crippen molar-refractivity contribution >= 4 is 44.0 Å². The Kier molecular flexibility index (Phi) is 5.07. The van der Waals surface area contributed by atoms with Gasteiger partial charge < -0.3 is 10.6 Å². The van der Waals surface area contributed by atoms with E-state index in [2.05, 4.69) is 102 Å². The first-order chi connectivity index (χ1) is 17.1. The van der Waals surface area contributed by atoms with E-state index in [-0.39, 0.29) is 6.04 Å². The van der Waals surface area contributed by atoms with Gasteiger partial charge in [-0.05, 0) is 64.7 Å². The number of nitrogen functional groups attached to an aromatic ring is 1. The Labute approximate surface area is 204 Å². The number of pyridine rings is 2. The molecule has 6 rings (SSSR count). The predicted octanol–water partition coefficient (Wildman–Crippen LogP) is 7.38. The highest BCUT2D eigenvalue weighted by Gasteiger charge is 2.21. The van der Waals surface area contributed by atoms with E-state index in [1.54, 1.807) is 6.20 Å². The van der Waals surface area contributed by atoms with Gasteiger partial charge in [0, 0.05) is 30.2 Å². The lowest BCUT2D eigenvalue weighted by atomic mass is 9.98. The van der Waals surface area contributed by atoms with Crippen LogP contribution in [0.15, 0.2) is 103 Å². The van der Waals surface area contributed by atoms with Gasteiger partial charge in [-0.2, -0.15) is 0 Å². The molecule has 170 valence electrons. The third kappa shape index (κ3) is 3.55. The van der Waals surface area contributed by atoms with E-state index in [1.165, 1.54) is 27.5 Å². The number of rotatable bonds is 4. The van der Waals surface area contributed by atoms with Gasteiger partial charge >= 0.3 is 0 Å². The molecule has 0 saturated heterocycles. The molecule has 35 heavy (non-hydrogen) atoms. The van der Waals surface area contributed by atoms with E-state index in [0.717, 1.165) is 33.2 Å². The minimum Gasteiger partial charge on any atom is -0.396 e. The van der Waals surface area contributed by atoms with Crippen LogP contribution in [-0.4, -0.2) is 17.0 Å². The maximum atomic E-state index is 6.74. The molecule has 2 aromatic heterocycles. The number of nitrogens with two attached hydrogens (primary N) is 1. The van der Waals surface area contributed by atoms with Crippen LogP contribution < -0.4 is 10.6 Å². The summed E-state index contributed by atoms with van der Waals surface area (Å²) in [7, 11) is 2.10. The van der Waals surface area contributed by atoms with Crippen LogP contribution in [0, 0.1) is 0 Å². The number of anilines is 2. The Morgan fingerprint density at radius 2 is 1.31 bits per heavy atom. The molecule has 0 fully saturated rings. The van der Waals surface area contributed by atoms with Crippen molar-refractivity contribution in [2.45, 2.75) is 13.0 Å². The zero-order valence-corrected chi connectivity index (χ0v) is 19.8. The molecule has 4 nitrogen and oxygen atoms in total. The second-order valence-electron chi connectivity index (χ2n) is 9.03. The molecule has 6 aromatic rings. The quantitative estimate of drug-likeness (QED) is 0.171. The van der Waals surface area contributed by atoms with Crippen molar-refractivity contribution in [2.75, 3.05) is 17.7 Å². The van der Waals surface area contributed by atoms with Crippen LogP contribution >= 0.6 is 0 Å². The third-order valence-electron chi connectivity index (χ3n) is 7.05. The van der Waals surface area contributed by atoms with Crippen LogP contribution in [0.5, 0.6) is 0 Å². The van der Waals surface area contributed by atoms with Crippen LogP contribution in [0.2, 0.25) is 0 Å². The molecule has 4 heteroatoms. The summed E-state index contributed by atoms with van der Waals surface area (Å²) in [6.07, 6.45) is 3.60. The maximum absolute atomic E-state index is 6.74. The molecule has 2 N–H and O–H groups in total. The van der Waals surface area contributed by atoms with E-state index in [1.807, 2.05) is 24.4 Å². The van der Waals surface area contributed by atoms with Crippen molar-refractivity contribution in [2.24, 2.45) is 0 Å². The Morgan fingerprint density at radius 3 is 2.06 bits per heavy atom. The van der Waals surface area contributed by atoms with Crippen LogP contribution in [0.1, 0.15) is 18.5 Å². The summed E-state index contributed by atoms with van der Waals surface area (Å²) in [6.45, 7) is 2.21. The molecule has 0 saturated carbocycles. The topological polar surface area (TPSA) is 55.0 Å². The van der Waals surface area contributed by atoms with Gasteiger partial charge in [-0.25, -0.2) is 0 Å². The molecule has 2 heterocycles. The fourth-order valence-corrected chi connectivity index (χ4v) is 4.99. The number of benzene rings is 4. The van der Waals surface area contributed by atoms with E-state index in [9.17, 15) is 0 Å². The smallest absolute Gasteiger partial charge is 0.0986 e. The lowest BCUT2D eigenvalue weighted by Crippen LogP contribution is -2.23. The molecule has 0 amide bonds. The Morgan fingerprint density at radius 1 is 0.686 bits per heavy atom. The highest BCUT2D eigenvalue weighted by atomic mass is 15.1. The molecule has 1 atom stereocenters. The Balaban J connectivity index is 1.38. The van der Waals surface area contributed by atoms with Gasteiger partial charge in [-0.1, -0.05) is 60.7 Å². The summed E-state index contributed by atoms with van der Waals surface area (Å²) < 4.78 is 0. The number of nitrogens with zero attached hydrogens (tertiary/aromatic N) is 3. The monoisotopic (exact) mass is 454 g/mol. The highest BCUT2D eigenvalue weighted by molar-refractivity contribution is 6.16. The van der Waals surface area contributed by atoms with E-state index >= 15 is 0 Å². The fourth-order valence-electron chi connectivity index (χ4n) is 4.99. The minimum absolute atomic E-state index is 0.112. The zero-order chi connectivity index (χ0) is 23.9. The average Bonchev–Trinajstić information content (AvgIpc) is 2.92. The van der Waals surface area contributed by atoms with Crippen molar-refractivity contribution in [1.82, 2.24) is 9.97 Å². The summed E-state index contributed by atoms with van der Waals surface area (Å²) in [5.41, 5.74) is 13.8. The normalized spacial score (nSPS) is 12.3. The van der Waals surface area contributed by atoms with Gasteiger partial charge in [0.25, 0.3) is 0 Å². The summed E-state index contributed by atoms with van der Waals surface area (Å²) >= 11 is 0. The second-order valence-corrected chi connectivity index (χ2v) is 9.03. The first-order valence-electron chi connectivity index (χ1n) is 11.8. The summed E-state index contributed by atoms with van der Waals surface area (Å²) in [5, 5.41) is 4.45. The lowest BCUT2D eigenvalue weighted by Gasteiger charge is -2.30. The molecule has 4 aromatic carbocycles. The molecule has 0 aliphatic carbocycles. The number of hydrogen-bond acceptors (Lipinski definition) is 4. The largest absolute Gasteiger partial charge is 0.396 e. The van der Waals surface area contributed by atoms with Crippen molar-refractivity contribution in [3.8, 4) is 11.1 Å². The number of fused-ring (bicyclic) bond motifs is 4. The predicted molar refractivity (Wildman–Crippen MR) is 148 cm³/mol. The van der Waals surface area contributed by atoms with Gasteiger partial charge in [0.2, 0.25) is 0 Å². The minimum atomic E-state index is 0.112. The first-order valence-corrected chi connectivity index (χ1v) is 11.8. The molecule has 0 bridgehead atoms. The average molecular weight is 455 g/mol. The van der Waals surface area contributed by atoms with E-state index in [4.69, 9.17) is 5.73 Å². The summed E-state index contributed by atoms with van der Waals surface area (Å²) in [4.78, 5) is 11.5. The maximum Gasteiger partial charge on any atom is 0.0986 e. The van der Waals surface area contributed by atoms with Gasteiger partial charge in [-0.3, -0.25) is 9.97 Å². The summed E-state index contributed by atoms with van der Waals surface area (Å²) in [5.74, 6) is 0. The van der Waals surface area contributed by atoms with Crippen molar-refractivity contribution in [3.05, 3.63) is 109 Å². The van der Waals surface area contributed by atoms with Crippen molar-refractivity contribution in [3.63, 3.8) is 0 Å². The van der Waals surface area contributed by atoms with Crippen LogP contribution in [0.25, 0.3) is 43.7 Å². The van der Waals surface area contributed by atoms with Gasteiger partial charge in [0.15, 0.2) is 0 Å². The molecule has 1 unspecified atom stereocenters. The van der Waals surface area contributed by atoms with Gasteiger partial charge in [-0.15, -0.1) is 0 Å². The van der Waals surface area contributed by atoms with E-state index < -0.39 is 0 Å². The molecular formula is C31H26N4. The highest BCUT2D eigenvalue weighted by Crippen LogP contribution is 2.41. The number of hydrogen-bond donors (Lipinski definition) is 1. The van der Waals surface area contributed by atoms with Gasteiger partial charge in [0.1, 0.15) is 0 Å². The summed E-state index contributed by atoms with van der Waals surface area (Å²) in [6, 6.07) is 32.0. The SMILES string of the molecule is CC(c1ccc(-c2ccc3ccccc3c2)cc1)N(C)c1c(N)c2cccnc2c2ncccc12. The zero-order valence-electron chi connectivity index (χ0n) is 19.8. The molecule has 0 aliphatic rings. The molecule has 0 spiro atoms. The van der Waals surface area contributed by atoms with Crippen LogP contribution in [0.3, 0.4) is 0 Å².